The lowest BCUT2D eigenvalue weighted by atomic mass is 10.1. The van der Waals surface area contributed by atoms with Crippen molar-refractivity contribution in [3.8, 4) is 0 Å². The molecule has 2 rings (SSSR count). The maximum Gasteiger partial charge on any atom is 0.337 e. The molecule has 146 valence electrons. The number of esters is 2. The molecule has 1 amide bonds. The van der Waals surface area contributed by atoms with Crippen molar-refractivity contribution in [2.45, 2.75) is 0 Å². The van der Waals surface area contributed by atoms with Gasteiger partial charge in [0, 0.05) is 17.9 Å². The van der Waals surface area contributed by atoms with Crippen LogP contribution >= 0.6 is 0 Å². The number of benzene rings is 2. The summed E-state index contributed by atoms with van der Waals surface area (Å²) in [5.74, 6) is -1.40. The van der Waals surface area contributed by atoms with E-state index in [0.717, 1.165) is 5.69 Å². The zero-order chi connectivity index (χ0) is 20.5. The largest absolute Gasteiger partial charge is 0.465 e. The summed E-state index contributed by atoms with van der Waals surface area (Å²) in [6.45, 7) is 3.99. The van der Waals surface area contributed by atoms with Crippen LogP contribution in [0.5, 0.6) is 0 Å². The predicted molar refractivity (Wildman–Crippen MR) is 107 cm³/mol. The summed E-state index contributed by atoms with van der Waals surface area (Å²) in [7, 11) is 2.49. The first kappa shape index (κ1) is 20.7. The van der Waals surface area contributed by atoms with E-state index in [9.17, 15) is 14.4 Å². The predicted octanol–water partition coefficient (Wildman–Crippen LogP) is 2.89. The topological polar surface area (TPSA) is 84.9 Å². The zero-order valence-electron chi connectivity index (χ0n) is 15.8. The Morgan fingerprint density at radius 3 is 2.07 bits per heavy atom. The third-order valence-electron chi connectivity index (χ3n) is 3.90. The van der Waals surface area contributed by atoms with Crippen LogP contribution in [0.3, 0.4) is 0 Å². The van der Waals surface area contributed by atoms with Crippen LogP contribution in [0, 0.1) is 0 Å². The van der Waals surface area contributed by atoms with Gasteiger partial charge in [0.2, 0.25) is 5.91 Å². The van der Waals surface area contributed by atoms with Crippen LogP contribution in [0.4, 0.5) is 11.4 Å². The van der Waals surface area contributed by atoms with Gasteiger partial charge in [-0.2, -0.15) is 0 Å². The average Bonchev–Trinajstić information content (AvgIpc) is 2.74. The van der Waals surface area contributed by atoms with Crippen molar-refractivity contribution < 1.29 is 23.9 Å². The number of methoxy groups -OCH3 is 2. The van der Waals surface area contributed by atoms with Crippen LogP contribution in [0.1, 0.15) is 20.7 Å². The van der Waals surface area contributed by atoms with Gasteiger partial charge in [-0.1, -0.05) is 24.3 Å². The smallest absolute Gasteiger partial charge is 0.337 e. The summed E-state index contributed by atoms with van der Waals surface area (Å²) in [4.78, 5) is 38.0. The lowest BCUT2D eigenvalue weighted by molar-refractivity contribution is -0.116. The van der Waals surface area contributed by atoms with Crippen LogP contribution in [-0.2, 0) is 14.3 Å². The van der Waals surface area contributed by atoms with Crippen molar-refractivity contribution >= 4 is 29.2 Å². The van der Waals surface area contributed by atoms with E-state index < -0.39 is 11.9 Å². The first-order valence-electron chi connectivity index (χ1n) is 8.52. The van der Waals surface area contributed by atoms with E-state index in [1.165, 1.54) is 32.4 Å². The molecule has 0 aliphatic carbocycles. The highest BCUT2D eigenvalue weighted by Gasteiger charge is 2.16. The van der Waals surface area contributed by atoms with E-state index in [2.05, 4.69) is 11.9 Å². The average molecular weight is 382 g/mol. The van der Waals surface area contributed by atoms with Crippen LogP contribution in [0.15, 0.2) is 61.2 Å². The molecule has 0 fully saturated rings. The number of ether oxygens (including phenoxy) is 2. The van der Waals surface area contributed by atoms with Gasteiger partial charge < -0.3 is 19.7 Å². The van der Waals surface area contributed by atoms with Gasteiger partial charge in [0.15, 0.2) is 0 Å². The standard InChI is InChI=1S/C21H22N2O5/c1-4-10-23(18-8-6-5-7-9-18)19(24)14-22-17-12-15(20(25)27-2)11-16(13-17)21(26)28-3/h4-9,11-13,22H,1,10,14H2,2-3H3. The molecule has 0 bridgehead atoms. The van der Waals surface area contributed by atoms with E-state index in [-0.39, 0.29) is 23.6 Å². The summed E-state index contributed by atoms with van der Waals surface area (Å²) >= 11 is 0. The summed E-state index contributed by atoms with van der Waals surface area (Å²) in [5.41, 5.74) is 1.51. The quantitative estimate of drug-likeness (QED) is 0.558. The molecule has 1 N–H and O–H groups in total. The lowest BCUT2D eigenvalue weighted by Gasteiger charge is -2.22. The van der Waals surface area contributed by atoms with Gasteiger partial charge in [-0.25, -0.2) is 9.59 Å². The molecule has 0 heterocycles. The van der Waals surface area contributed by atoms with Gasteiger partial charge in [-0.15, -0.1) is 6.58 Å². The Morgan fingerprint density at radius 2 is 1.57 bits per heavy atom. The molecule has 0 unspecified atom stereocenters. The molecule has 0 saturated carbocycles. The van der Waals surface area contributed by atoms with Gasteiger partial charge in [0.1, 0.15) is 0 Å². The Labute approximate surface area is 163 Å². The minimum absolute atomic E-state index is 0.0476. The first-order valence-corrected chi connectivity index (χ1v) is 8.52. The van der Waals surface area contributed by atoms with Crippen LogP contribution < -0.4 is 10.2 Å². The van der Waals surface area contributed by atoms with E-state index in [4.69, 9.17) is 9.47 Å². The maximum absolute atomic E-state index is 12.7. The molecule has 7 nitrogen and oxygen atoms in total. The number of carbonyl (C=O) groups is 3. The van der Waals surface area contributed by atoms with Gasteiger partial charge in [0.05, 0.1) is 31.9 Å². The molecule has 0 spiro atoms. The lowest BCUT2D eigenvalue weighted by Crippen LogP contribution is -2.35. The van der Waals surface area contributed by atoms with Crippen LogP contribution in [-0.4, -0.2) is 45.2 Å². The van der Waals surface area contributed by atoms with E-state index in [1.54, 1.807) is 11.0 Å². The minimum atomic E-state index is -0.599. The second-order valence-electron chi connectivity index (χ2n) is 5.76. The Balaban J connectivity index is 2.21. The fourth-order valence-corrected chi connectivity index (χ4v) is 2.56. The van der Waals surface area contributed by atoms with Gasteiger partial charge in [-0.05, 0) is 30.3 Å². The minimum Gasteiger partial charge on any atom is -0.465 e. The number of rotatable bonds is 8. The third kappa shape index (κ3) is 5.20. The number of hydrogen-bond acceptors (Lipinski definition) is 6. The summed E-state index contributed by atoms with van der Waals surface area (Å²) < 4.78 is 9.42. The number of anilines is 2. The number of hydrogen-bond donors (Lipinski definition) is 1. The molecule has 0 radical (unpaired) electrons. The van der Waals surface area contributed by atoms with Crippen molar-refractivity contribution in [1.82, 2.24) is 0 Å². The molecule has 0 atom stereocenters. The van der Waals surface area contributed by atoms with Crippen molar-refractivity contribution in [3.05, 3.63) is 72.3 Å². The number of para-hydroxylation sites is 1. The third-order valence-corrected chi connectivity index (χ3v) is 3.90. The van der Waals surface area contributed by atoms with Crippen LogP contribution in [0.25, 0.3) is 0 Å². The van der Waals surface area contributed by atoms with E-state index in [1.807, 2.05) is 30.3 Å². The second kappa shape index (κ2) is 9.91. The van der Waals surface area contributed by atoms with Crippen molar-refractivity contribution in [2.75, 3.05) is 37.5 Å². The highest BCUT2D eigenvalue weighted by molar-refractivity contribution is 5.98. The molecule has 28 heavy (non-hydrogen) atoms. The van der Waals surface area contributed by atoms with Crippen molar-refractivity contribution in [1.29, 1.82) is 0 Å². The van der Waals surface area contributed by atoms with Gasteiger partial charge in [-0.3, -0.25) is 4.79 Å². The molecule has 2 aromatic rings. The Hall–Kier alpha value is -3.61. The Morgan fingerprint density at radius 1 is 1.00 bits per heavy atom. The van der Waals surface area contributed by atoms with E-state index in [0.29, 0.717) is 12.2 Å². The molecule has 0 aliphatic heterocycles. The van der Waals surface area contributed by atoms with Gasteiger partial charge >= 0.3 is 11.9 Å². The normalized spacial score (nSPS) is 9.93. The Kier molecular flexibility index (Phi) is 7.33. The van der Waals surface area contributed by atoms with Crippen LogP contribution in [0.2, 0.25) is 0 Å². The SMILES string of the molecule is C=CCN(C(=O)CNc1cc(C(=O)OC)cc(C(=O)OC)c1)c1ccccc1. The van der Waals surface area contributed by atoms with E-state index >= 15 is 0 Å². The summed E-state index contributed by atoms with van der Waals surface area (Å²) in [5, 5.41) is 2.95. The summed E-state index contributed by atoms with van der Waals surface area (Å²) in [6, 6.07) is 13.6. The molecule has 0 aliphatic rings. The molecular weight excluding hydrogens is 360 g/mol. The highest BCUT2D eigenvalue weighted by atomic mass is 16.5. The number of nitrogens with one attached hydrogen (secondary N) is 1. The zero-order valence-corrected chi connectivity index (χ0v) is 15.8. The molecule has 0 aromatic heterocycles. The highest BCUT2D eigenvalue weighted by Crippen LogP contribution is 2.18. The molecular formula is C21H22N2O5. The number of amides is 1. The number of nitrogens with zero attached hydrogens (tertiary/aromatic N) is 1. The summed E-state index contributed by atoms with van der Waals surface area (Å²) in [6.07, 6.45) is 1.64. The molecule has 2 aromatic carbocycles. The second-order valence-corrected chi connectivity index (χ2v) is 5.76. The monoisotopic (exact) mass is 382 g/mol. The first-order chi connectivity index (χ1) is 13.5. The van der Waals surface area contributed by atoms with Crippen molar-refractivity contribution in [3.63, 3.8) is 0 Å². The maximum atomic E-state index is 12.7. The van der Waals surface area contributed by atoms with Crippen molar-refractivity contribution in [2.24, 2.45) is 0 Å². The molecule has 7 heteroatoms. The molecule has 0 saturated heterocycles. The fraction of sp³-hybridized carbons (Fsp3) is 0.190. The fourth-order valence-electron chi connectivity index (χ4n) is 2.56. The number of carbonyl (C=O) groups excluding carboxylic acids is 3. The Bertz CT molecular complexity index is 830. The van der Waals surface area contributed by atoms with Gasteiger partial charge in [0.25, 0.3) is 0 Å².